The van der Waals surface area contributed by atoms with E-state index in [2.05, 4.69) is 4.98 Å². The van der Waals surface area contributed by atoms with Gasteiger partial charge in [-0.3, -0.25) is 14.6 Å². The van der Waals surface area contributed by atoms with Gasteiger partial charge in [0.15, 0.2) is 0 Å². The zero-order valence-electron chi connectivity index (χ0n) is 18.3. The van der Waals surface area contributed by atoms with E-state index in [-0.39, 0.29) is 17.9 Å². The van der Waals surface area contributed by atoms with Crippen molar-refractivity contribution in [1.82, 2.24) is 14.8 Å². The molecule has 160 valence electrons. The first-order valence-corrected chi connectivity index (χ1v) is 10.6. The Bertz CT molecular complexity index is 856. The van der Waals surface area contributed by atoms with Crippen LogP contribution >= 0.6 is 0 Å². The third-order valence-corrected chi connectivity index (χ3v) is 5.97. The summed E-state index contributed by atoms with van der Waals surface area (Å²) >= 11 is 0. The topological polar surface area (TPSA) is 62.7 Å². The summed E-state index contributed by atoms with van der Waals surface area (Å²) in [6.45, 7) is 7.75. The van der Waals surface area contributed by atoms with Gasteiger partial charge in [0.25, 0.3) is 5.91 Å². The van der Waals surface area contributed by atoms with E-state index in [9.17, 15) is 9.59 Å². The molecular formula is C24H31N3O3. The highest BCUT2D eigenvalue weighted by Crippen LogP contribution is 2.27. The van der Waals surface area contributed by atoms with Crippen LogP contribution in [0.3, 0.4) is 0 Å². The molecule has 2 aromatic rings. The van der Waals surface area contributed by atoms with Crippen molar-refractivity contribution in [2.24, 2.45) is 0 Å². The third-order valence-electron chi connectivity index (χ3n) is 5.97. The van der Waals surface area contributed by atoms with E-state index < -0.39 is 0 Å². The van der Waals surface area contributed by atoms with Crippen LogP contribution in [-0.2, 0) is 4.79 Å². The lowest BCUT2D eigenvalue weighted by Crippen LogP contribution is -2.36. The molecule has 1 aromatic carbocycles. The molecule has 1 aliphatic rings. The Labute approximate surface area is 178 Å². The van der Waals surface area contributed by atoms with E-state index in [1.807, 2.05) is 62.2 Å². The van der Waals surface area contributed by atoms with Crippen molar-refractivity contribution >= 4 is 11.8 Å². The molecular weight excluding hydrogens is 378 g/mol. The van der Waals surface area contributed by atoms with E-state index >= 15 is 0 Å². The van der Waals surface area contributed by atoms with Crippen molar-refractivity contribution < 1.29 is 14.3 Å². The predicted octanol–water partition coefficient (Wildman–Crippen LogP) is 4.04. The Morgan fingerprint density at radius 1 is 1.17 bits per heavy atom. The maximum absolute atomic E-state index is 13.0. The minimum atomic E-state index is -0.0660. The van der Waals surface area contributed by atoms with Gasteiger partial charge in [0, 0.05) is 44.9 Å². The second-order valence-corrected chi connectivity index (χ2v) is 7.85. The molecule has 1 atom stereocenters. The quantitative estimate of drug-likeness (QED) is 0.722. The van der Waals surface area contributed by atoms with Gasteiger partial charge in [0.1, 0.15) is 5.75 Å². The number of hydrogen-bond acceptors (Lipinski definition) is 4. The molecule has 3 rings (SSSR count). The number of hydrogen-bond donors (Lipinski definition) is 0. The van der Waals surface area contributed by atoms with Crippen molar-refractivity contribution in [2.45, 2.75) is 45.6 Å². The first kappa shape index (κ1) is 21.8. The van der Waals surface area contributed by atoms with Crippen molar-refractivity contribution in [3.05, 3.63) is 59.4 Å². The summed E-state index contributed by atoms with van der Waals surface area (Å²) in [4.78, 5) is 32.6. The molecule has 1 aliphatic heterocycles. The van der Waals surface area contributed by atoms with Gasteiger partial charge < -0.3 is 14.5 Å². The standard InChI is InChI=1S/C24H31N3O3/c1-5-30-22-9-6-19(7-10-22)17(2)26(4)24(29)21-8-11-23(25-16-21)20-12-14-27(15-13-20)18(3)28/h6-11,16-17,20H,5,12-15H2,1-4H3/t17-/m0/s1. The lowest BCUT2D eigenvalue weighted by Gasteiger charge is -2.31. The normalized spacial score (nSPS) is 15.5. The summed E-state index contributed by atoms with van der Waals surface area (Å²) < 4.78 is 5.49. The number of ether oxygens (including phenoxy) is 1. The van der Waals surface area contributed by atoms with Crippen LogP contribution < -0.4 is 4.74 Å². The highest BCUT2D eigenvalue weighted by Gasteiger charge is 2.24. The summed E-state index contributed by atoms with van der Waals surface area (Å²) in [5, 5.41) is 0. The number of carbonyl (C=O) groups excluding carboxylic acids is 2. The van der Waals surface area contributed by atoms with Crippen LogP contribution in [0.1, 0.15) is 67.2 Å². The number of amides is 2. The zero-order valence-corrected chi connectivity index (χ0v) is 18.3. The molecule has 6 nitrogen and oxygen atoms in total. The fraction of sp³-hybridized carbons (Fsp3) is 0.458. The number of nitrogens with zero attached hydrogens (tertiary/aromatic N) is 3. The van der Waals surface area contributed by atoms with Crippen molar-refractivity contribution in [2.75, 3.05) is 26.7 Å². The minimum Gasteiger partial charge on any atom is -0.494 e. The fourth-order valence-electron chi connectivity index (χ4n) is 3.88. The minimum absolute atomic E-state index is 0.0539. The lowest BCUT2D eigenvalue weighted by atomic mass is 9.93. The summed E-state index contributed by atoms with van der Waals surface area (Å²) in [7, 11) is 1.81. The molecule has 1 aromatic heterocycles. The molecule has 0 N–H and O–H groups in total. The Hall–Kier alpha value is -2.89. The highest BCUT2D eigenvalue weighted by atomic mass is 16.5. The number of likely N-dealkylation sites (tertiary alicyclic amines) is 1. The monoisotopic (exact) mass is 409 g/mol. The van der Waals surface area contributed by atoms with E-state index in [1.54, 1.807) is 18.0 Å². The largest absolute Gasteiger partial charge is 0.494 e. The fourth-order valence-corrected chi connectivity index (χ4v) is 3.88. The van der Waals surface area contributed by atoms with Gasteiger partial charge in [-0.05, 0) is 56.5 Å². The number of rotatable bonds is 6. The first-order valence-electron chi connectivity index (χ1n) is 10.6. The number of carbonyl (C=O) groups is 2. The van der Waals surface area contributed by atoms with Gasteiger partial charge in [-0.15, -0.1) is 0 Å². The summed E-state index contributed by atoms with van der Waals surface area (Å²) in [6.07, 6.45) is 3.50. The Morgan fingerprint density at radius 2 is 1.83 bits per heavy atom. The lowest BCUT2D eigenvalue weighted by molar-refractivity contribution is -0.129. The van der Waals surface area contributed by atoms with Crippen molar-refractivity contribution in [3.8, 4) is 5.75 Å². The number of pyridine rings is 1. The molecule has 0 radical (unpaired) electrons. The Kier molecular flexibility index (Phi) is 7.08. The van der Waals surface area contributed by atoms with E-state index in [1.165, 1.54) is 0 Å². The smallest absolute Gasteiger partial charge is 0.255 e. The van der Waals surface area contributed by atoms with Crippen LogP contribution in [0, 0.1) is 0 Å². The maximum atomic E-state index is 13.0. The van der Waals surface area contributed by atoms with Gasteiger partial charge in [0.2, 0.25) is 5.91 Å². The van der Waals surface area contributed by atoms with Crippen LogP contribution in [-0.4, -0.2) is 53.3 Å². The molecule has 1 fully saturated rings. The third kappa shape index (κ3) is 4.99. The average molecular weight is 410 g/mol. The van der Waals surface area contributed by atoms with Gasteiger partial charge >= 0.3 is 0 Å². The predicted molar refractivity (Wildman–Crippen MR) is 117 cm³/mol. The molecule has 0 bridgehead atoms. The highest BCUT2D eigenvalue weighted by molar-refractivity contribution is 5.94. The van der Waals surface area contributed by atoms with E-state index in [4.69, 9.17) is 4.74 Å². The van der Waals surface area contributed by atoms with Gasteiger partial charge in [-0.2, -0.15) is 0 Å². The molecule has 0 unspecified atom stereocenters. The molecule has 1 saturated heterocycles. The van der Waals surface area contributed by atoms with Crippen LogP contribution in [0.15, 0.2) is 42.6 Å². The van der Waals surface area contributed by atoms with Crippen molar-refractivity contribution in [1.29, 1.82) is 0 Å². The Balaban J connectivity index is 1.62. The van der Waals surface area contributed by atoms with Crippen LogP contribution in [0.25, 0.3) is 0 Å². The molecule has 30 heavy (non-hydrogen) atoms. The second kappa shape index (κ2) is 9.74. The molecule has 0 saturated carbocycles. The number of aromatic nitrogens is 1. The van der Waals surface area contributed by atoms with Gasteiger partial charge in [0.05, 0.1) is 18.2 Å². The van der Waals surface area contributed by atoms with E-state index in [0.29, 0.717) is 18.1 Å². The first-order chi connectivity index (χ1) is 14.4. The second-order valence-electron chi connectivity index (χ2n) is 7.85. The molecule has 6 heteroatoms. The maximum Gasteiger partial charge on any atom is 0.255 e. The average Bonchev–Trinajstić information content (AvgIpc) is 2.78. The van der Waals surface area contributed by atoms with Crippen molar-refractivity contribution in [3.63, 3.8) is 0 Å². The molecule has 2 amide bonds. The number of piperidine rings is 1. The van der Waals surface area contributed by atoms with Crippen LogP contribution in [0.4, 0.5) is 0 Å². The van der Waals surface area contributed by atoms with Gasteiger partial charge in [-0.25, -0.2) is 0 Å². The SMILES string of the molecule is CCOc1ccc([C@H](C)N(C)C(=O)c2ccc(C3CCN(C(C)=O)CC3)nc2)cc1. The van der Waals surface area contributed by atoms with Crippen LogP contribution in [0.5, 0.6) is 5.75 Å². The summed E-state index contributed by atoms with van der Waals surface area (Å²) in [5.41, 5.74) is 2.63. The Morgan fingerprint density at radius 3 is 2.37 bits per heavy atom. The molecule has 0 aliphatic carbocycles. The summed E-state index contributed by atoms with van der Waals surface area (Å²) in [6, 6.07) is 11.6. The number of benzene rings is 1. The van der Waals surface area contributed by atoms with Gasteiger partial charge in [-0.1, -0.05) is 12.1 Å². The van der Waals surface area contributed by atoms with Crippen LogP contribution in [0.2, 0.25) is 0 Å². The summed E-state index contributed by atoms with van der Waals surface area (Å²) in [5.74, 6) is 1.25. The molecule has 2 heterocycles. The molecule has 0 spiro atoms. The van der Waals surface area contributed by atoms with E-state index in [0.717, 1.165) is 42.9 Å². The zero-order chi connectivity index (χ0) is 21.7.